The number of amides is 2. The van der Waals surface area contributed by atoms with Crippen molar-refractivity contribution in [2.45, 2.75) is 6.54 Å². The zero-order valence-electron chi connectivity index (χ0n) is 14.9. The zero-order chi connectivity index (χ0) is 19.9. The predicted molar refractivity (Wildman–Crippen MR) is 121 cm³/mol. The Hall–Kier alpha value is -2.16. The summed E-state index contributed by atoms with van der Waals surface area (Å²) in [6.07, 6.45) is 1.73. The summed E-state index contributed by atoms with van der Waals surface area (Å²) in [4.78, 5) is 26.4. The second-order valence-corrected chi connectivity index (χ2v) is 8.30. The summed E-state index contributed by atoms with van der Waals surface area (Å²) in [5, 5.41) is 6.36. The predicted octanol–water partition coefficient (Wildman–Crippen LogP) is 4.15. The summed E-state index contributed by atoms with van der Waals surface area (Å²) in [6.45, 7) is 1.26. The van der Waals surface area contributed by atoms with Gasteiger partial charge in [0.1, 0.15) is 0 Å². The average Bonchev–Trinajstić information content (AvgIpc) is 2.94. The fourth-order valence-electron chi connectivity index (χ4n) is 2.56. The lowest BCUT2D eigenvalue weighted by Gasteiger charge is -2.15. The smallest absolute Gasteiger partial charge is 0.293 e. The van der Waals surface area contributed by atoms with Gasteiger partial charge in [-0.2, -0.15) is 0 Å². The van der Waals surface area contributed by atoms with Crippen LogP contribution in [-0.4, -0.2) is 34.2 Å². The number of halogens is 1. The molecule has 0 aromatic heterocycles. The Morgan fingerprint density at radius 1 is 1.11 bits per heavy atom. The highest BCUT2D eigenvalue weighted by atomic mass is 79.9. The van der Waals surface area contributed by atoms with Crippen LogP contribution in [0.25, 0.3) is 6.08 Å². The molecule has 0 radical (unpaired) electrons. The second-order valence-electron chi connectivity index (χ2n) is 5.98. The van der Waals surface area contributed by atoms with Crippen LogP contribution in [0.3, 0.4) is 0 Å². The number of nitrogens with zero attached hydrogens (tertiary/aromatic N) is 1. The number of thioether (sulfide) groups is 1. The van der Waals surface area contributed by atoms with Crippen LogP contribution < -0.4 is 10.6 Å². The summed E-state index contributed by atoms with van der Waals surface area (Å²) in [6, 6.07) is 17.5. The van der Waals surface area contributed by atoms with Crippen LogP contribution in [0, 0.1) is 0 Å². The van der Waals surface area contributed by atoms with Gasteiger partial charge in [0.05, 0.1) is 4.91 Å². The number of rotatable bonds is 6. The van der Waals surface area contributed by atoms with Gasteiger partial charge in [0, 0.05) is 24.1 Å². The van der Waals surface area contributed by atoms with Gasteiger partial charge >= 0.3 is 0 Å². The number of imide groups is 1. The van der Waals surface area contributed by atoms with E-state index >= 15 is 0 Å². The molecule has 0 saturated carbocycles. The van der Waals surface area contributed by atoms with Crippen molar-refractivity contribution >= 4 is 62.2 Å². The molecule has 3 rings (SSSR count). The first-order chi connectivity index (χ1) is 13.5. The van der Waals surface area contributed by atoms with Crippen LogP contribution in [0.2, 0.25) is 0 Å². The fourth-order valence-corrected chi connectivity index (χ4v) is 4.02. The van der Waals surface area contributed by atoms with Crippen LogP contribution in [0.4, 0.5) is 4.79 Å². The molecule has 1 fully saturated rings. The molecule has 1 saturated heterocycles. The maximum Gasteiger partial charge on any atom is 0.293 e. The number of carbonyl (C=O) groups excluding carboxylic acids is 2. The Labute approximate surface area is 181 Å². The monoisotopic (exact) mass is 475 g/mol. The van der Waals surface area contributed by atoms with E-state index in [0.717, 1.165) is 27.4 Å². The number of hydrogen-bond acceptors (Lipinski definition) is 4. The lowest BCUT2D eigenvalue weighted by molar-refractivity contribution is -0.122. The average molecular weight is 476 g/mol. The van der Waals surface area contributed by atoms with E-state index in [4.69, 9.17) is 12.2 Å². The molecule has 0 aliphatic carbocycles. The summed E-state index contributed by atoms with van der Waals surface area (Å²) >= 11 is 9.60. The molecule has 28 heavy (non-hydrogen) atoms. The van der Waals surface area contributed by atoms with Gasteiger partial charge < -0.3 is 10.6 Å². The number of benzene rings is 2. The summed E-state index contributed by atoms with van der Waals surface area (Å²) in [7, 11) is 0. The molecule has 2 amide bonds. The molecule has 2 N–H and O–H groups in total. The summed E-state index contributed by atoms with van der Waals surface area (Å²) in [5.74, 6) is -0.278. The highest BCUT2D eigenvalue weighted by Crippen LogP contribution is 2.32. The number of carbonyl (C=O) groups is 2. The van der Waals surface area contributed by atoms with Gasteiger partial charge in [0.2, 0.25) is 0 Å². The third-order valence-corrected chi connectivity index (χ3v) is 5.63. The molecule has 144 valence electrons. The van der Waals surface area contributed by atoms with Crippen LogP contribution >= 0.6 is 39.9 Å². The Balaban J connectivity index is 1.48. The van der Waals surface area contributed by atoms with Crippen LogP contribution in [0.15, 0.2) is 64.0 Å². The topological polar surface area (TPSA) is 61.4 Å². The van der Waals surface area contributed by atoms with Crippen molar-refractivity contribution in [3.8, 4) is 0 Å². The Kier molecular flexibility index (Phi) is 7.24. The van der Waals surface area contributed by atoms with E-state index < -0.39 is 0 Å². The minimum Gasteiger partial charge on any atom is -0.361 e. The van der Waals surface area contributed by atoms with Gasteiger partial charge in [-0.1, -0.05) is 58.4 Å². The molecule has 5 nitrogen and oxygen atoms in total. The highest BCUT2D eigenvalue weighted by molar-refractivity contribution is 9.10. The first-order valence-electron chi connectivity index (χ1n) is 8.59. The molecule has 0 spiro atoms. The molecule has 0 unspecified atom stereocenters. The minimum atomic E-state index is -0.278. The highest BCUT2D eigenvalue weighted by Gasteiger charge is 2.34. The lowest BCUT2D eigenvalue weighted by atomic mass is 10.2. The van der Waals surface area contributed by atoms with Crippen molar-refractivity contribution in [1.82, 2.24) is 15.5 Å². The molecule has 2 aromatic rings. The standard InChI is InChI=1S/C20H18BrN3O2S2/c21-16-8-4-7-15(11-16)12-17-18(25)24(20(26)28-17)10-9-22-19(27)23-13-14-5-2-1-3-6-14/h1-8,11-12H,9-10,13H2,(H2,22,23,27). The second kappa shape index (κ2) is 9.86. The molecule has 8 heteroatoms. The largest absolute Gasteiger partial charge is 0.361 e. The Morgan fingerprint density at radius 2 is 1.89 bits per heavy atom. The minimum absolute atomic E-state index is 0.258. The van der Waals surface area contributed by atoms with Crippen molar-refractivity contribution in [2.24, 2.45) is 0 Å². The number of thiocarbonyl (C=S) groups is 1. The number of nitrogens with one attached hydrogen (secondary N) is 2. The van der Waals surface area contributed by atoms with Gasteiger partial charge in [0.25, 0.3) is 11.1 Å². The first kappa shape index (κ1) is 20.6. The Bertz CT molecular complexity index is 919. The van der Waals surface area contributed by atoms with Gasteiger partial charge in [-0.3, -0.25) is 14.5 Å². The van der Waals surface area contributed by atoms with Crippen LogP contribution in [-0.2, 0) is 11.3 Å². The van der Waals surface area contributed by atoms with E-state index in [-0.39, 0.29) is 17.7 Å². The quantitative estimate of drug-likeness (QED) is 0.483. The third-order valence-electron chi connectivity index (χ3n) is 3.94. The molecule has 0 bridgehead atoms. The van der Waals surface area contributed by atoms with Gasteiger partial charge in [-0.15, -0.1) is 0 Å². The van der Waals surface area contributed by atoms with E-state index in [2.05, 4.69) is 26.6 Å². The van der Waals surface area contributed by atoms with Crippen molar-refractivity contribution < 1.29 is 9.59 Å². The molecule has 2 aromatic carbocycles. The van der Waals surface area contributed by atoms with Gasteiger partial charge in [-0.25, -0.2) is 0 Å². The van der Waals surface area contributed by atoms with E-state index in [1.807, 2.05) is 54.6 Å². The molecule has 1 aliphatic heterocycles. The summed E-state index contributed by atoms with van der Waals surface area (Å²) in [5.41, 5.74) is 1.99. The summed E-state index contributed by atoms with van der Waals surface area (Å²) < 4.78 is 0.918. The first-order valence-corrected chi connectivity index (χ1v) is 10.6. The van der Waals surface area contributed by atoms with Gasteiger partial charge in [-0.05, 0) is 53.3 Å². The van der Waals surface area contributed by atoms with Crippen molar-refractivity contribution in [3.63, 3.8) is 0 Å². The Morgan fingerprint density at radius 3 is 2.64 bits per heavy atom. The number of hydrogen-bond donors (Lipinski definition) is 2. The zero-order valence-corrected chi connectivity index (χ0v) is 18.1. The van der Waals surface area contributed by atoms with Crippen LogP contribution in [0.1, 0.15) is 11.1 Å². The van der Waals surface area contributed by atoms with Gasteiger partial charge in [0.15, 0.2) is 5.11 Å². The normalized spacial score (nSPS) is 15.2. The molecule has 0 atom stereocenters. The molecule has 1 aliphatic rings. The van der Waals surface area contributed by atoms with E-state index in [1.165, 1.54) is 4.90 Å². The van der Waals surface area contributed by atoms with E-state index in [9.17, 15) is 9.59 Å². The van der Waals surface area contributed by atoms with Crippen molar-refractivity contribution in [2.75, 3.05) is 13.1 Å². The third kappa shape index (κ3) is 5.67. The van der Waals surface area contributed by atoms with E-state index in [1.54, 1.807) is 6.08 Å². The van der Waals surface area contributed by atoms with Crippen molar-refractivity contribution in [3.05, 3.63) is 75.1 Å². The molecular formula is C20H18BrN3O2S2. The van der Waals surface area contributed by atoms with Crippen LogP contribution in [0.5, 0.6) is 0 Å². The maximum atomic E-state index is 12.5. The molecular weight excluding hydrogens is 458 g/mol. The fraction of sp³-hybridized carbons (Fsp3) is 0.150. The van der Waals surface area contributed by atoms with E-state index in [0.29, 0.717) is 23.1 Å². The lowest BCUT2D eigenvalue weighted by Crippen LogP contribution is -2.41. The maximum absolute atomic E-state index is 12.5. The van der Waals surface area contributed by atoms with Crippen molar-refractivity contribution in [1.29, 1.82) is 0 Å². The SMILES string of the molecule is O=C1SC(=Cc2cccc(Br)c2)C(=O)N1CCNC(=S)NCc1ccccc1. The molecule has 1 heterocycles.